The van der Waals surface area contributed by atoms with E-state index in [9.17, 15) is 4.79 Å². The third-order valence-corrected chi connectivity index (χ3v) is 4.17. The molecule has 2 fully saturated rings. The molecule has 2 unspecified atom stereocenters. The predicted molar refractivity (Wildman–Crippen MR) is 76.4 cm³/mol. The van der Waals surface area contributed by atoms with Crippen molar-refractivity contribution in [3.63, 3.8) is 0 Å². The zero-order valence-corrected chi connectivity index (χ0v) is 11.7. The molecule has 1 saturated heterocycles. The summed E-state index contributed by atoms with van der Waals surface area (Å²) in [6.45, 7) is 0.778. The van der Waals surface area contributed by atoms with Crippen LogP contribution < -0.4 is 5.32 Å². The lowest BCUT2D eigenvalue weighted by Crippen LogP contribution is -2.42. The van der Waals surface area contributed by atoms with Crippen LogP contribution in [0.5, 0.6) is 0 Å². The van der Waals surface area contributed by atoms with Gasteiger partial charge in [-0.3, -0.25) is 4.79 Å². The van der Waals surface area contributed by atoms with Gasteiger partial charge >= 0.3 is 0 Å². The van der Waals surface area contributed by atoms with Crippen LogP contribution in [0.25, 0.3) is 0 Å². The lowest BCUT2D eigenvalue weighted by molar-refractivity contribution is -0.121. The van der Waals surface area contributed by atoms with E-state index in [0.717, 1.165) is 23.5 Å². The van der Waals surface area contributed by atoms with Gasteiger partial charge in [-0.25, -0.2) is 0 Å². The number of amides is 1. The predicted octanol–water partition coefficient (Wildman–Crippen LogP) is 2.20. The summed E-state index contributed by atoms with van der Waals surface area (Å²) in [4.78, 5) is 13.0. The number of carbonyl (C=O) groups excluding carboxylic acids is 1. The van der Waals surface area contributed by atoms with E-state index in [4.69, 9.17) is 4.74 Å². The molecule has 19 heavy (non-hydrogen) atoms. The summed E-state index contributed by atoms with van der Waals surface area (Å²) in [6.07, 6.45) is 4.13. The molecular formula is C15H19NO2S. The van der Waals surface area contributed by atoms with Crippen LogP contribution in [0.1, 0.15) is 24.8 Å². The maximum absolute atomic E-state index is 12.1. The van der Waals surface area contributed by atoms with Crippen LogP contribution in [0.15, 0.2) is 29.2 Å². The first-order valence-electron chi connectivity index (χ1n) is 6.91. The lowest BCUT2D eigenvalue weighted by Gasteiger charge is -2.19. The number of rotatable bonds is 4. The number of ether oxygens (including phenoxy) is 1. The summed E-state index contributed by atoms with van der Waals surface area (Å²) in [5.41, 5.74) is 1.03. The van der Waals surface area contributed by atoms with E-state index < -0.39 is 0 Å². The van der Waals surface area contributed by atoms with E-state index in [1.165, 1.54) is 12.8 Å². The molecule has 2 atom stereocenters. The van der Waals surface area contributed by atoms with Gasteiger partial charge in [0.05, 0.1) is 18.6 Å². The summed E-state index contributed by atoms with van der Waals surface area (Å²) < 4.78 is 5.73. The van der Waals surface area contributed by atoms with Crippen molar-refractivity contribution in [3.8, 4) is 0 Å². The van der Waals surface area contributed by atoms with E-state index in [-0.39, 0.29) is 18.1 Å². The molecule has 1 aromatic carbocycles. The van der Waals surface area contributed by atoms with Crippen molar-refractivity contribution in [1.82, 2.24) is 5.32 Å². The SMILES string of the molecule is O=C(Cc1ccc(S)cc1)NC1CCOC1C1CC1. The van der Waals surface area contributed by atoms with Crippen LogP contribution in [0.2, 0.25) is 0 Å². The molecule has 1 aliphatic heterocycles. The van der Waals surface area contributed by atoms with Crippen molar-refractivity contribution in [2.45, 2.75) is 42.7 Å². The molecule has 102 valence electrons. The van der Waals surface area contributed by atoms with Crippen LogP contribution >= 0.6 is 12.6 Å². The molecule has 0 aromatic heterocycles. The maximum Gasteiger partial charge on any atom is 0.224 e. The van der Waals surface area contributed by atoms with Gasteiger partial charge < -0.3 is 10.1 Å². The van der Waals surface area contributed by atoms with Gasteiger partial charge in [0.2, 0.25) is 5.91 Å². The number of hydrogen-bond acceptors (Lipinski definition) is 3. The average Bonchev–Trinajstić information content (AvgIpc) is 3.13. The summed E-state index contributed by atoms with van der Waals surface area (Å²) in [5.74, 6) is 0.768. The van der Waals surface area contributed by atoms with E-state index in [0.29, 0.717) is 12.3 Å². The Labute approximate surface area is 119 Å². The van der Waals surface area contributed by atoms with Crippen molar-refractivity contribution in [3.05, 3.63) is 29.8 Å². The first-order chi connectivity index (χ1) is 9.22. The van der Waals surface area contributed by atoms with Crippen molar-refractivity contribution < 1.29 is 9.53 Å². The molecule has 4 heteroatoms. The van der Waals surface area contributed by atoms with Gasteiger partial charge in [0.15, 0.2) is 0 Å². The smallest absolute Gasteiger partial charge is 0.224 e. The van der Waals surface area contributed by atoms with Gasteiger partial charge in [-0.05, 0) is 42.9 Å². The Morgan fingerprint density at radius 3 is 2.68 bits per heavy atom. The standard InChI is InChI=1S/C15H19NO2S/c17-14(9-10-1-5-12(19)6-2-10)16-13-7-8-18-15(13)11-3-4-11/h1-2,5-6,11,13,15,19H,3-4,7-9H2,(H,16,17). The summed E-state index contributed by atoms with van der Waals surface area (Å²) in [7, 11) is 0. The fraction of sp³-hybridized carbons (Fsp3) is 0.533. The van der Waals surface area contributed by atoms with Crippen molar-refractivity contribution in [2.24, 2.45) is 5.92 Å². The number of nitrogens with one attached hydrogen (secondary N) is 1. The van der Waals surface area contributed by atoms with Crippen molar-refractivity contribution in [2.75, 3.05) is 6.61 Å². The van der Waals surface area contributed by atoms with E-state index in [1.807, 2.05) is 24.3 Å². The van der Waals surface area contributed by atoms with E-state index in [2.05, 4.69) is 17.9 Å². The zero-order valence-electron chi connectivity index (χ0n) is 10.8. The van der Waals surface area contributed by atoms with Gasteiger partial charge in [0.1, 0.15) is 0 Å². The Morgan fingerprint density at radius 2 is 2.00 bits per heavy atom. The fourth-order valence-electron chi connectivity index (χ4n) is 2.71. The van der Waals surface area contributed by atoms with Crippen molar-refractivity contribution >= 4 is 18.5 Å². The molecule has 1 saturated carbocycles. The highest BCUT2D eigenvalue weighted by molar-refractivity contribution is 7.80. The van der Waals surface area contributed by atoms with Crippen LogP contribution in [0.4, 0.5) is 0 Å². The van der Waals surface area contributed by atoms with E-state index >= 15 is 0 Å². The normalized spacial score (nSPS) is 26.4. The lowest BCUT2D eigenvalue weighted by atomic mass is 10.1. The van der Waals surface area contributed by atoms with Gasteiger partial charge in [0.25, 0.3) is 0 Å². The largest absolute Gasteiger partial charge is 0.376 e. The topological polar surface area (TPSA) is 38.3 Å². The molecule has 1 amide bonds. The van der Waals surface area contributed by atoms with Crippen molar-refractivity contribution in [1.29, 1.82) is 0 Å². The second-order valence-corrected chi connectivity index (χ2v) is 6.00. The van der Waals surface area contributed by atoms with Gasteiger partial charge in [-0.2, -0.15) is 0 Å². The van der Waals surface area contributed by atoms with Crippen LogP contribution in [-0.4, -0.2) is 24.7 Å². The molecule has 1 aromatic rings. The Bertz CT molecular complexity index is 456. The Morgan fingerprint density at radius 1 is 1.26 bits per heavy atom. The molecule has 3 rings (SSSR count). The quantitative estimate of drug-likeness (QED) is 0.828. The Hall–Kier alpha value is -1.00. The summed E-state index contributed by atoms with van der Waals surface area (Å²) >= 11 is 4.24. The molecule has 3 nitrogen and oxygen atoms in total. The number of carbonyl (C=O) groups is 1. The highest BCUT2D eigenvalue weighted by Gasteiger charge is 2.41. The maximum atomic E-state index is 12.1. The first-order valence-corrected chi connectivity index (χ1v) is 7.36. The molecular weight excluding hydrogens is 258 g/mol. The van der Waals surface area contributed by atoms with Gasteiger partial charge in [-0.15, -0.1) is 12.6 Å². The average molecular weight is 277 g/mol. The third kappa shape index (κ3) is 3.31. The highest BCUT2D eigenvalue weighted by Crippen LogP contribution is 2.38. The third-order valence-electron chi connectivity index (χ3n) is 3.87. The van der Waals surface area contributed by atoms with E-state index in [1.54, 1.807) is 0 Å². The number of benzene rings is 1. The molecule has 2 aliphatic rings. The zero-order chi connectivity index (χ0) is 13.2. The minimum atomic E-state index is 0.0908. The van der Waals surface area contributed by atoms with Gasteiger partial charge in [0, 0.05) is 11.5 Å². The first kappa shape index (κ1) is 13.0. The molecule has 0 radical (unpaired) electrons. The Kier molecular flexibility index (Phi) is 3.80. The summed E-state index contributed by atoms with van der Waals surface area (Å²) in [5, 5.41) is 3.13. The Balaban J connectivity index is 1.54. The second kappa shape index (κ2) is 5.55. The monoisotopic (exact) mass is 277 g/mol. The van der Waals surface area contributed by atoms with Gasteiger partial charge in [-0.1, -0.05) is 12.1 Å². The minimum absolute atomic E-state index is 0.0908. The number of hydrogen-bond donors (Lipinski definition) is 2. The minimum Gasteiger partial charge on any atom is -0.376 e. The molecule has 1 aliphatic carbocycles. The molecule has 1 heterocycles. The molecule has 0 spiro atoms. The molecule has 1 N–H and O–H groups in total. The fourth-order valence-corrected chi connectivity index (χ4v) is 2.86. The second-order valence-electron chi connectivity index (χ2n) is 5.48. The number of thiol groups is 1. The highest BCUT2D eigenvalue weighted by atomic mass is 32.1. The van der Waals surface area contributed by atoms with Crippen LogP contribution in [-0.2, 0) is 16.0 Å². The van der Waals surface area contributed by atoms with Crippen LogP contribution in [0.3, 0.4) is 0 Å². The summed E-state index contributed by atoms with van der Waals surface area (Å²) in [6, 6.07) is 7.94. The van der Waals surface area contributed by atoms with Crippen LogP contribution in [0, 0.1) is 5.92 Å². The molecule has 0 bridgehead atoms.